The molecule has 0 fully saturated rings. The number of aliphatic hydroxyl groups excluding tert-OH is 1. The monoisotopic (exact) mass is 396 g/mol. The molecule has 0 heterocycles. The minimum atomic E-state index is -2.80. The first-order valence-corrected chi connectivity index (χ1v) is 9.10. The Labute approximate surface area is 162 Å². The summed E-state index contributed by atoms with van der Waals surface area (Å²) in [7, 11) is 0. The zero-order chi connectivity index (χ0) is 20.2. The SMILES string of the molecule is CC(C)C(F)(F)Cc1ccc(CC(C(=O)O)C(O)c2cccc(Cl)c2)cc1. The lowest BCUT2D eigenvalue weighted by Gasteiger charge is -2.21. The van der Waals surface area contributed by atoms with Crippen LogP contribution in [0.15, 0.2) is 48.5 Å². The number of hydrogen-bond donors (Lipinski definition) is 2. The van der Waals surface area contributed by atoms with Crippen LogP contribution in [0.1, 0.15) is 36.6 Å². The van der Waals surface area contributed by atoms with E-state index in [0.717, 1.165) is 0 Å². The van der Waals surface area contributed by atoms with Crippen LogP contribution >= 0.6 is 11.6 Å². The standard InChI is InChI=1S/C21H23ClF2O3/c1-13(2)21(23,24)12-15-8-6-14(7-9-15)10-18(20(26)27)19(25)16-4-3-5-17(22)11-16/h3-9,11,13,18-19,25H,10,12H2,1-2H3,(H,26,27). The van der Waals surface area contributed by atoms with E-state index in [2.05, 4.69) is 0 Å². The zero-order valence-electron chi connectivity index (χ0n) is 15.2. The lowest BCUT2D eigenvalue weighted by atomic mass is 9.89. The second-order valence-electron chi connectivity index (χ2n) is 7.06. The molecule has 2 atom stereocenters. The van der Waals surface area contributed by atoms with E-state index in [1.54, 1.807) is 42.5 Å². The zero-order valence-corrected chi connectivity index (χ0v) is 16.0. The van der Waals surface area contributed by atoms with Crippen molar-refractivity contribution in [3.05, 3.63) is 70.2 Å². The van der Waals surface area contributed by atoms with E-state index in [9.17, 15) is 23.8 Å². The molecule has 0 saturated carbocycles. The highest BCUT2D eigenvalue weighted by atomic mass is 35.5. The van der Waals surface area contributed by atoms with E-state index in [-0.39, 0.29) is 12.8 Å². The van der Waals surface area contributed by atoms with Crippen molar-refractivity contribution in [3.63, 3.8) is 0 Å². The molecular formula is C21H23ClF2O3. The van der Waals surface area contributed by atoms with E-state index < -0.39 is 29.8 Å². The molecule has 0 aliphatic carbocycles. The van der Waals surface area contributed by atoms with Crippen LogP contribution in [0.2, 0.25) is 5.02 Å². The van der Waals surface area contributed by atoms with E-state index in [4.69, 9.17) is 11.6 Å². The van der Waals surface area contributed by atoms with Gasteiger partial charge < -0.3 is 10.2 Å². The van der Waals surface area contributed by atoms with Gasteiger partial charge in [0, 0.05) is 17.4 Å². The van der Waals surface area contributed by atoms with Crippen LogP contribution < -0.4 is 0 Å². The van der Waals surface area contributed by atoms with Crippen LogP contribution in [0.3, 0.4) is 0 Å². The van der Waals surface area contributed by atoms with Gasteiger partial charge in [-0.1, -0.05) is 61.8 Å². The molecule has 3 nitrogen and oxygen atoms in total. The summed E-state index contributed by atoms with van der Waals surface area (Å²) in [5.41, 5.74) is 1.56. The molecule has 0 amide bonds. The maximum atomic E-state index is 13.9. The fraction of sp³-hybridized carbons (Fsp3) is 0.381. The van der Waals surface area contributed by atoms with Gasteiger partial charge in [0.2, 0.25) is 0 Å². The van der Waals surface area contributed by atoms with Gasteiger partial charge in [-0.2, -0.15) is 0 Å². The molecule has 0 radical (unpaired) electrons. The Hall–Kier alpha value is -1.98. The number of alkyl halides is 2. The quantitative estimate of drug-likeness (QED) is 0.648. The molecular weight excluding hydrogens is 374 g/mol. The van der Waals surface area contributed by atoms with Crippen molar-refractivity contribution in [2.45, 2.75) is 38.7 Å². The fourth-order valence-electron chi connectivity index (χ4n) is 2.78. The number of halogens is 3. The summed E-state index contributed by atoms with van der Waals surface area (Å²) in [5, 5.41) is 20.4. The third-order valence-electron chi connectivity index (χ3n) is 4.65. The van der Waals surface area contributed by atoms with Crippen molar-refractivity contribution in [1.29, 1.82) is 0 Å². The summed E-state index contributed by atoms with van der Waals surface area (Å²) >= 11 is 5.91. The molecule has 2 aromatic rings. The Morgan fingerprint density at radius 2 is 1.70 bits per heavy atom. The molecule has 2 rings (SSSR count). The molecule has 0 bridgehead atoms. The number of carboxylic acids is 1. The number of hydrogen-bond acceptors (Lipinski definition) is 2. The van der Waals surface area contributed by atoms with Gasteiger partial charge >= 0.3 is 5.97 Å². The summed E-state index contributed by atoms with van der Waals surface area (Å²) in [6.45, 7) is 2.95. The molecule has 0 aliphatic heterocycles. The average molecular weight is 397 g/mol. The van der Waals surface area contributed by atoms with E-state index in [0.29, 0.717) is 21.7 Å². The van der Waals surface area contributed by atoms with Crippen LogP contribution in [0.5, 0.6) is 0 Å². The molecule has 2 aromatic carbocycles. The lowest BCUT2D eigenvalue weighted by molar-refractivity contribution is -0.145. The Morgan fingerprint density at radius 3 is 2.22 bits per heavy atom. The predicted octanol–water partition coefficient (Wildman–Crippen LogP) is 5.15. The van der Waals surface area contributed by atoms with Gasteiger partial charge in [0.1, 0.15) is 0 Å². The summed E-state index contributed by atoms with van der Waals surface area (Å²) in [4.78, 5) is 11.6. The van der Waals surface area contributed by atoms with Crippen molar-refractivity contribution >= 4 is 17.6 Å². The first kappa shape index (κ1) is 21.3. The summed E-state index contributed by atoms with van der Waals surface area (Å²) in [5.74, 6) is -5.78. The van der Waals surface area contributed by atoms with Crippen molar-refractivity contribution in [3.8, 4) is 0 Å². The maximum absolute atomic E-state index is 13.9. The smallest absolute Gasteiger partial charge is 0.309 e. The van der Waals surface area contributed by atoms with Gasteiger partial charge in [-0.15, -0.1) is 0 Å². The molecule has 0 spiro atoms. The number of aliphatic hydroxyl groups is 1. The fourth-order valence-corrected chi connectivity index (χ4v) is 2.98. The highest BCUT2D eigenvalue weighted by molar-refractivity contribution is 6.30. The highest BCUT2D eigenvalue weighted by Gasteiger charge is 2.33. The molecule has 0 aliphatic rings. The van der Waals surface area contributed by atoms with Crippen molar-refractivity contribution in [2.75, 3.05) is 0 Å². The number of carboxylic acid groups (broad SMARTS) is 1. The van der Waals surface area contributed by atoms with Crippen LogP contribution in [0.25, 0.3) is 0 Å². The number of aliphatic carboxylic acids is 1. The number of rotatable bonds is 8. The van der Waals surface area contributed by atoms with Gasteiger partial charge in [-0.3, -0.25) is 4.79 Å². The van der Waals surface area contributed by atoms with Crippen LogP contribution in [-0.4, -0.2) is 22.1 Å². The minimum Gasteiger partial charge on any atom is -0.481 e. The second kappa shape index (κ2) is 8.81. The average Bonchev–Trinajstić information content (AvgIpc) is 2.59. The Morgan fingerprint density at radius 1 is 1.11 bits per heavy atom. The van der Waals surface area contributed by atoms with Crippen molar-refractivity contribution in [1.82, 2.24) is 0 Å². The predicted molar refractivity (Wildman–Crippen MR) is 101 cm³/mol. The molecule has 6 heteroatoms. The van der Waals surface area contributed by atoms with Gasteiger partial charge in [-0.05, 0) is 35.2 Å². The molecule has 27 heavy (non-hydrogen) atoms. The summed E-state index contributed by atoms with van der Waals surface area (Å²) < 4.78 is 27.7. The van der Waals surface area contributed by atoms with Crippen LogP contribution in [-0.2, 0) is 17.6 Å². The first-order chi connectivity index (χ1) is 12.6. The summed E-state index contributed by atoms with van der Waals surface area (Å²) in [6, 6.07) is 12.8. The lowest BCUT2D eigenvalue weighted by Crippen LogP contribution is -2.26. The van der Waals surface area contributed by atoms with Crippen LogP contribution in [0.4, 0.5) is 8.78 Å². The molecule has 2 unspecified atom stereocenters. The topological polar surface area (TPSA) is 57.5 Å². The third-order valence-corrected chi connectivity index (χ3v) is 4.89. The number of benzene rings is 2. The van der Waals surface area contributed by atoms with Gasteiger partial charge in [0.15, 0.2) is 0 Å². The van der Waals surface area contributed by atoms with Gasteiger partial charge in [-0.25, -0.2) is 8.78 Å². The Kier molecular flexibility index (Phi) is 6.95. The van der Waals surface area contributed by atoms with Crippen LogP contribution in [0, 0.1) is 11.8 Å². The van der Waals surface area contributed by atoms with Gasteiger partial charge in [0.25, 0.3) is 5.92 Å². The van der Waals surface area contributed by atoms with Crippen molar-refractivity contribution in [2.24, 2.45) is 11.8 Å². The van der Waals surface area contributed by atoms with E-state index >= 15 is 0 Å². The molecule has 146 valence electrons. The highest BCUT2D eigenvalue weighted by Crippen LogP contribution is 2.30. The summed E-state index contributed by atoms with van der Waals surface area (Å²) in [6.07, 6.45) is -1.52. The van der Waals surface area contributed by atoms with E-state index in [1.165, 1.54) is 19.9 Å². The molecule has 2 N–H and O–H groups in total. The maximum Gasteiger partial charge on any atom is 0.309 e. The minimum absolute atomic E-state index is 0.0733. The largest absolute Gasteiger partial charge is 0.481 e. The van der Waals surface area contributed by atoms with E-state index in [1.807, 2.05) is 0 Å². The number of carbonyl (C=O) groups is 1. The second-order valence-corrected chi connectivity index (χ2v) is 7.49. The van der Waals surface area contributed by atoms with Crippen molar-refractivity contribution < 1.29 is 23.8 Å². The molecule has 0 saturated heterocycles. The third kappa shape index (κ3) is 5.75. The normalized spacial score (nSPS) is 14.2. The van der Waals surface area contributed by atoms with Gasteiger partial charge in [0.05, 0.1) is 12.0 Å². The Bertz CT molecular complexity index is 775. The Balaban J connectivity index is 2.14. The first-order valence-electron chi connectivity index (χ1n) is 8.72. The molecule has 0 aromatic heterocycles.